The van der Waals surface area contributed by atoms with Crippen LogP contribution in [0.3, 0.4) is 0 Å². The lowest BCUT2D eigenvalue weighted by Crippen LogP contribution is -2.48. The molecule has 110 valence electrons. The predicted molar refractivity (Wildman–Crippen MR) is 81.9 cm³/mol. The van der Waals surface area contributed by atoms with Gasteiger partial charge in [-0.05, 0) is 49.8 Å². The van der Waals surface area contributed by atoms with Gasteiger partial charge in [0, 0.05) is 24.2 Å². The maximum Gasteiger partial charge on any atom is 0.118 e. The minimum atomic E-state index is 0.414. The molecule has 0 spiro atoms. The molecule has 2 heterocycles. The van der Waals surface area contributed by atoms with Crippen molar-refractivity contribution in [2.45, 2.75) is 63.2 Å². The average Bonchev–Trinajstić information content (AvgIpc) is 2.73. The predicted octanol–water partition coefficient (Wildman–Crippen LogP) is 3.10. The Balaban J connectivity index is 1.82. The largest absolute Gasteiger partial charge is 0.497 e. The van der Waals surface area contributed by atoms with E-state index in [0.29, 0.717) is 24.2 Å². The van der Waals surface area contributed by atoms with Crippen LogP contribution in [0.25, 0.3) is 0 Å². The third-order valence-corrected chi connectivity index (χ3v) is 5.07. The van der Waals surface area contributed by atoms with Gasteiger partial charge in [0.2, 0.25) is 0 Å². The molecule has 0 amide bonds. The first-order chi connectivity index (χ1) is 9.72. The number of hydrogen-bond donors (Lipinski definition) is 1. The van der Waals surface area contributed by atoms with Crippen molar-refractivity contribution >= 4 is 0 Å². The highest BCUT2D eigenvalue weighted by Gasteiger charge is 2.42. The zero-order valence-electron chi connectivity index (χ0n) is 12.6. The monoisotopic (exact) mass is 274 g/mol. The fourth-order valence-electron chi connectivity index (χ4n) is 4.21. The first kappa shape index (κ1) is 13.9. The van der Waals surface area contributed by atoms with Crippen molar-refractivity contribution in [3.63, 3.8) is 0 Å². The summed E-state index contributed by atoms with van der Waals surface area (Å²) in [5.74, 6) is 0.937. The van der Waals surface area contributed by atoms with Crippen LogP contribution in [0.15, 0.2) is 24.3 Å². The summed E-state index contributed by atoms with van der Waals surface area (Å²) in [5.41, 5.74) is 7.61. The van der Waals surface area contributed by atoms with Crippen LogP contribution in [0.5, 0.6) is 5.75 Å². The van der Waals surface area contributed by atoms with Crippen LogP contribution in [0, 0.1) is 0 Å². The van der Waals surface area contributed by atoms with E-state index in [2.05, 4.69) is 36.1 Å². The lowest BCUT2D eigenvalue weighted by atomic mass is 9.92. The molecule has 2 aliphatic rings. The van der Waals surface area contributed by atoms with Crippen molar-refractivity contribution in [3.05, 3.63) is 29.8 Å². The van der Waals surface area contributed by atoms with Gasteiger partial charge in [-0.1, -0.05) is 19.1 Å². The molecule has 3 heteroatoms. The Morgan fingerprint density at radius 1 is 1.20 bits per heavy atom. The number of benzene rings is 1. The van der Waals surface area contributed by atoms with Gasteiger partial charge in [0.15, 0.2) is 0 Å². The number of hydrogen-bond acceptors (Lipinski definition) is 3. The van der Waals surface area contributed by atoms with Crippen molar-refractivity contribution in [3.8, 4) is 5.75 Å². The summed E-state index contributed by atoms with van der Waals surface area (Å²) in [5, 5.41) is 0. The van der Waals surface area contributed by atoms with Crippen molar-refractivity contribution in [1.29, 1.82) is 0 Å². The van der Waals surface area contributed by atoms with Crippen LogP contribution in [-0.4, -0.2) is 30.1 Å². The van der Waals surface area contributed by atoms with Crippen LogP contribution >= 0.6 is 0 Å². The second-order valence-electron chi connectivity index (χ2n) is 6.26. The van der Waals surface area contributed by atoms with E-state index >= 15 is 0 Å². The van der Waals surface area contributed by atoms with Gasteiger partial charge in [0.1, 0.15) is 5.75 Å². The molecule has 3 unspecified atom stereocenters. The molecule has 1 aromatic carbocycles. The number of ether oxygens (including phenoxy) is 1. The van der Waals surface area contributed by atoms with E-state index in [1.54, 1.807) is 7.11 Å². The Hall–Kier alpha value is -1.06. The standard InChI is InChI=1S/C17H26N2O/c1-3-17(12-4-8-16(20-2)9-5-12)19-14-6-7-15(19)11-13(18)10-14/h4-5,8-9,13-15,17H,3,6-7,10-11,18H2,1-2H3. The van der Waals surface area contributed by atoms with Gasteiger partial charge >= 0.3 is 0 Å². The van der Waals surface area contributed by atoms with Crippen molar-refractivity contribution in [2.24, 2.45) is 5.73 Å². The lowest BCUT2D eigenvalue weighted by Gasteiger charge is -2.43. The Morgan fingerprint density at radius 3 is 2.30 bits per heavy atom. The first-order valence-electron chi connectivity index (χ1n) is 7.90. The second-order valence-corrected chi connectivity index (χ2v) is 6.26. The summed E-state index contributed by atoms with van der Waals surface area (Å²) in [6.45, 7) is 2.29. The molecule has 0 radical (unpaired) electrons. The zero-order chi connectivity index (χ0) is 14.1. The smallest absolute Gasteiger partial charge is 0.118 e. The van der Waals surface area contributed by atoms with Gasteiger partial charge in [0.25, 0.3) is 0 Å². The third-order valence-electron chi connectivity index (χ3n) is 5.07. The molecule has 3 rings (SSSR count). The molecule has 0 aliphatic carbocycles. The van der Waals surface area contributed by atoms with E-state index < -0.39 is 0 Å². The number of piperidine rings is 1. The van der Waals surface area contributed by atoms with Crippen LogP contribution in [-0.2, 0) is 0 Å². The molecule has 2 fully saturated rings. The van der Waals surface area contributed by atoms with Crippen LogP contribution < -0.4 is 10.5 Å². The van der Waals surface area contributed by atoms with Gasteiger partial charge in [-0.15, -0.1) is 0 Å². The number of fused-ring (bicyclic) bond motifs is 2. The molecule has 0 aromatic heterocycles. The summed E-state index contributed by atoms with van der Waals surface area (Å²) in [6.07, 6.45) is 6.15. The quantitative estimate of drug-likeness (QED) is 0.917. The summed E-state index contributed by atoms with van der Waals surface area (Å²) in [7, 11) is 1.72. The van der Waals surface area contributed by atoms with Crippen LogP contribution in [0.4, 0.5) is 0 Å². The molecular weight excluding hydrogens is 248 g/mol. The van der Waals surface area contributed by atoms with Crippen LogP contribution in [0.2, 0.25) is 0 Å². The van der Waals surface area contributed by atoms with E-state index in [0.717, 1.165) is 12.2 Å². The highest BCUT2D eigenvalue weighted by Crippen LogP contribution is 2.42. The van der Waals surface area contributed by atoms with E-state index in [1.165, 1.54) is 31.2 Å². The number of rotatable bonds is 4. The third kappa shape index (κ3) is 2.45. The molecular formula is C17H26N2O. The normalized spacial score (nSPS) is 31.2. The molecule has 0 saturated carbocycles. The summed E-state index contributed by atoms with van der Waals surface area (Å²) in [6, 6.07) is 10.9. The Bertz CT molecular complexity index is 431. The molecule has 2 N–H and O–H groups in total. The first-order valence-corrected chi connectivity index (χ1v) is 7.90. The van der Waals surface area contributed by atoms with Crippen molar-refractivity contribution in [2.75, 3.05) is 7.11 Å². The van der Waals surface area contributed by atoms with Gasteiger partial charge < -0.3 is 10.5 Å². The maximum absolute atomic E-state index is 6.19. The minimum Gasteiger partial charge on any atom is -0.497 e. The molecule has 2 bridgehead atoms. The highest BCUT2D eigenvalue weighted by atomic mass is 16.5. The van der Waals surface area contributed by atoms with Crippen molar-refractivity contribution < 1.29 is 4.74 Å². The molecule has 20 heavy (non-hydrogen) atoms. The lowest BCUT2D eigenvalue weighted by molar-refractivity contribution is 0.0746. The fraction of sp³-hybridized carbons (Fsp3) is 0.647. The Labute approximate surface area is 122 Å². The van der Waals surface area contributed by atoms with Crippen LogP contribution in [0.1, 0.15) is 50.6 Å². The summed E-state index contributed by atoms with van der Waals surface area (Å²) in [4.78, 5) is 2.76. The Morgan fingerprint density at radius 2 is 1.80 bits per heavy atom. The van der Waals surface area contributed by atoms with Crippen molar-refractivity contribution in [1.82, 2.24) is 4.90 Å². The number of methoxy groups -OCH3 is 1. The fourth-order valence-corrected chi connectivity index (χ4v) is 4.21. The zero-order valence-corrected chi connectivity index (χ0v) is 12.6. The van der Waals surface area contributed by atoms with E-state index in [1.807, 2.05) is 0 Å². The number of nitrogens with two attached hydrogens (primary N) is 1. The van der Waals surface area contributed by atoms with E-state index in [9.17, 15) is 0 Å². The topological polar surface area (TPSA) is 38.5 Å². The highest BCUT2D eigenvalue weighted by molar-refractivity contribution is 5.29. The van der Waals surface area contributed by atoms with Gasteiger partial charge in [0.05, 0.1) is 7.11 Å². The molecule has 2 aliphatic heterocycles. The van der Waals surface area contributed by atoms with Gasteiger partial charge in [-0.2, -0.15) is 0 Å². The second kappa shape index (κ2) is 5.74. The average molecular weight is 274 g/mol. The van der Waals surface area contributed by atoms with Gasteiger partial charge in [-0.25, -0.2) is 0 Å². The number of nitrogens with zero attached hydrogens (tertiary/aromatic N) is 1. The van der Waals surface area contributed by atoms with Gasteiger partial charge in [-0.3, -0.25) is 4.90 Å². The molecule has 3 nitrogen and oxygen atoms in total. The summed E-state index contributed by atoms with van der Waals surface area (Å²) < 4.78 is 5.27. The maximum atomic E-state index is 6.19. The molecule has 3 atom stereocenters. The van der Waals surface area contributed by atoms with E-state index in [4.69, 9.17) is 10.5 Å². The molecule has 1 aromatic rings. The Kier molecular flexibility index (Phi) is 3.99. The summed E-state index contributed by atoms with van der Waals surface area (Å²) >= 11 is 0. The minimum absolute atomic E-state index is 0.414. The SMILES string of the molecule is CCC(c1ccc(OC)cc1)N1C2CCC1CC(N)C2. The molecule has 2 saturated heterocycles. The van der Waals surface area contributed by atoms with E-state index in [-0.39, 0.29) is 0 Å².